The van der Waals surface area contributed by atoms with Crippen molar-refractivity contribution in [3.05, 3.63) is 80.8 Å². The van der Waals surface area contributed by atoms with Crippen molar-refractivity contribution in [1.29, 1.82) is 0 Å². The van der Waals surface area contributed by atoms with Gasteiger partial charge in [0.1, 0.15) is 17.3 Å². The first-order valence-electron chi connectivity index (χ1n) is 10.8. The first-order valence-corrected chi connectivity index (χ1v) is 11.9. The second-order valence-corrected chi connectivity index (χ2v) is 9.10. The summed E-state index contributed by atoms with van der Waals surface area (Å²) in [7, 11) is 1.49. The van der Waals surface area contributed by atoms with E-state index < -0.39 is 23.5 Å². The first kappa shape index (κ1) is 25.4. The molecule has 3 aromatic carbocycles. The van der Waals surface area contributed by atoms with E-state index in [0.717, 1.165) is 4.90 Å². The molecule has 1 aliphatic heterocycles. The van der Waals surface area contributed by atoms with Crippen LogP contribution in [0.15, 0.2) is 64.6 Å². The van der Waals surface area contributed by atoms with Gasteiger partial charge in [0.25, 0.3) is 11.7 Å². The van der Waals surface area contributed by atoms with Crippen molar-refractivity contribution in [2.75, 3.05) is 18.6 Å². The number of Topliss-reactive ketones (excluding diaryl/α,β-unsaturated/α-hetero) is 1. The Kier molecular flexibility index (Phi) is 7.14. The molecule has 3 N–H and O–H groups in total. The molecule has 4 rings (SSSR count). The lowest BCUT2D eigenvalue weighted by Crippen LogP contribution is -2.29. The molecule has 0 bridgehead atoms. The molecule has 1 heterocycles. The maximum atomic E-state index is 13.3. The Balaban J connectivity index is 1.99. The summed E-state index contributed by atoms with van der Waals surface area (Å²) in [6.07, 6.45) is 0. The quantitative estimate of drug-likeness (QED) is 0.201. The molecule has 0 aromatic heterocycles. The number of amides is 1. The monoisotopic (exact) mass is 573 g/mol. The van der Waals surface area contributed by atoms with Crippen LogP contribution in [-0.2, 0) is 9.59 Å². The Bertz CT molecular complexity index is 1410. The number of hydrogen-bond acceptors (Lipinski definition) is 7. The lowest BCUT2D eigenvalue weighted by Gasteiger charge is -2.26. The number of carbonyl (C=O) groups is 2. The summed E-state index contributed by atoms with van der Waals surface area (Å²) < 4.78 is 11.2. The molecule has 1 amide bonds. The molecule has 10 heteroatoms. The highest BCUT2D eigenvalue weighted by molar-refractivity contribution is 9.10. The molecule has 1 saturated heterocycles. The highest BCUT2D eigenvalue weighted by Gasteiger charge is 2.48. The molecule has 1 atom stereocenters. The zero-order chi connectivity index (χ0) is 26.1. The summed E-state index contributed by atoms with van der Waals surface area (Å²) in [6.45, 7) is 2.00. The predicted octanol–water partition coefficient (Wildman–Crippen LogP) is 5.55. The summed E-state index contributed by atoms with van der Waals surface area (Å²) in [5, 5.41) is 32.3. The van der Waals surface area contributed by atoms with Crippen molar-refractivity contribution in [3.8, 4) is 23.0 Å². The van der Waals surface area contributed by atoms with Gasteiger partial charge in [-0.25, -0.2) is 0 Å². The van der Waals surface area contributed by atoms with Crippen LogP contribution in [0.2, 0.25) is 5.02 Å². The van der Waals surface area contributed by atoms with E-state index in [4.69, 9.17) is 21.1 Å². The summed E-state index contributed by atoms with van der Waals surface area (Å²) in [5.41, 5.74) is 0.369. The number of halogens is 2. The molecule has 0 saturated carbocycles. The van der Waals surface area contributed by atoms with Crippen molar-refractivity contribution < 1.29 is 34.4 Å². The minimum atomic E-state index is -1.17. The van der Waals surface area contributed by atoms with Crippen LogP contribution in [0.3, 0.4) is 0 Å². The molecule has 1 unspecified atom stereocenters. The number of rotatable bonds is 6. The highest BCUT2D eigenvalue weighted by Crippen LogP contribution is 2.47. The minimum absolute atomic E-state index is 0.0180. The topological polar surface area (TPSA) is 117 Å². The van der Waals surface area contributed by atoms with E-state index >= 15 is 0 Å². The standard InChI is InChI=1S/C26H21BrClNO7/c1-3-36-21-11-13(4-7-19(21)31)23-22(24(32)14-5-9-20(35-2)16(27)10-14)25(33)26(34)29(23)17-12-15(28)6-8-18(17)30/h4-12,23,30-32H,3H2,1-2H3/b24-22+. The van der Waals surface area contributed by atoms with Gasteiger partial charge < -0.3 is 24.8 Å². The molecule has 8 nitrogen and oxygen atoms in total. The van der Waals surface area contributed by atoms with Gasteiger partial charge in [-0.15, -0.1) is 0 Å². The zero-order valence-corrected chi connectivity index (χ0v) is 21.5. The average molecular weight is 575 g/mol. The van der Waals surface area contributed by atoms with E-state index in [2.05, 4.69) is 15.9 Å². The SMILES string of the molecule is CCOc1cc(C2/C(=C(\O)c3ccc(OC)c(Br)c3)C(=O)C(=O)N2c2cc(Cl)ccc2O)ccc1O. The normalized spacial score (nSPS) is 16.9. The van der Waals surface area contributed by atoms with Crippen LogP contribution in [0.1, 0.15) is 24.1 Å². The number of anilines is 1. The lowest BCUT2D eigenvalue weighted by molar-refractivity contribution is -0.132. The van der Waals surface area contributed by atoms with Gasteiger partial charge in [-0.05, 0) is 76.9 Å². The number of aromatic hydroxyl groups is 2. The highest BCUT2D eigenvalue weighted by atomic mass is 79.9. The largest absolute Gasteiger partial charge is 0.507 e. The summed E-state index contributed by atoms with van der Waals surface area (Å²) in [5.74, 6) is -2.16. The number of aliphatic hydroxyl groups is 1. The van der Waals surface area contributed by atoms with Gasteiger partial charge in [0.2, 0.25) is 0 Å². The van der Waals surface area contributed by atoms with Crippen LogP contribution < -0.4 is 14.4 Å². The molecule has 0 spiro atoms. The molecule has 3 aromatic rings. The molecule has 186 valence electrons. The van der Waals surface area contributed by atoms with Crippen LogP contribution in [0.4, 0.5) is 5.69 Å². The molecule has 1 fully saturated rings. The van der Waals surface area contributed by atoms with Gasteiger partial charge in [-0.1, -0.05) is 17.7 Å². The fraction of sp³-hybridized carbons (Fsp3) is 0.154. The molecule has 36 heavy (non-hydrogen) atoms. The smallest absolute Gasteiger partial charge is 0.300 e. The van der Waals surface area contributed by atoms with Gasteiger partial charge in [0.15, 0.2) is 11.5 Å². The molecule has 1 aliphatic rings. The number of ketones is 1. The van der Waals surface area contributed by atoms with Crippen molar-refractivity contribution in [1.82, 2.24) is 0 Å². The van der Waals surface area contributed by atoms with Crippen LogP contribution >= 0.6 is 27.5 Å². The molecule has 0 radical (unpaired) electrons. The van der Waals surface area contributed by atoms with Gasteiger partial charge in [-0.2, -0.15) is 0 Å². The Hall–Kier alpha value is -3.69. The van der Waals surface area contributed by atoms with E-state index in [0.29, 0.717) is 15.8 Å². The van der Waals surface area contributed by atoms with Crippen LogP contribution in [0.25, 0.3) is 5.76 Å². The van der Waals surface area contributed by atoms with Crippen LogP contribution in [0.5, 0.6) is 23.0 Å². The van der Waals surface area contributed by atoms with Crippen LogP contribution in [0, 0.1) is 0 Å². The Morgan fingerprint density at radius 3 is 2.42 bits per heavy atom. The average Bonchev–Trinajstić information content (AvgIpc) is 3.12. The third kappa shape index (κ3) is 4.47. The van der Waals surface area contributed by atoms with Crippen LogP contribution in [-0.4, -0.2) is 40.7 Å². The van der Waals surface area contributed by atoms with E-state index in [1.807, 2.05) is 0 Å². The number of nitrogens with zero attached hydrogens (tertiary/aromatic N) is 1. The van der Waals surface area contributed by atoms with Gasteiger partial charge >= 0.3 is 0 Å². The summed E-state index contributed by atoms with van der Waals surface area (Å²) >= 11 is 9.49. The fourth-order valence-corrected chi connectivity index (χ4v) is 4.73. The number of benzene rings is 3. The lowest BCUT2D eigenvalue weighted by atomic mass is 9.94. The second-order valence-electron chi connectivity index (χ2n) is 7.81. The van der Waals surface area contributed by atoms with E-state index in [1.165, 1.54) is 43.5 Å². The number of phenolic OH excluding ortho intramolecular Hbond substituents is 2. The molecular formula is C26H21BrClNO7. The van der Waals surface area contributed by atoms with E-state index in [9.17, 15) is 24.9 Å². The summed E-state index contributed by atoms with van der Waals surface area (Å²) in [4.78, 5) is 27.7. The van der Waals surface area contributed by atoms with Gasteiger partial charge in [0.05, 0.1) is 35.5 Å². The number of phenols is 2. The van der Waals surface area contributed by atoms with Crippen molar-refractivity contribution in [2.24, 2.45) is 0 Å². The second kappa shape index (κ2) is 10.1. The number of hydrogen-bond donors (Lipinski definition) is 3. The van der Waals surface area contributed by atoms with E-state index in [-0.39, 0.29) is 45.7 Å². The number of ether oxygens (including phenoxy) is 2. The maximum Gasteiger partial charge on any atom is 0.300 e. The van der Waals surface area contributed by atoms with Gasteiger partial charge in [-0.3, -0.25) is 14.5 Å². The van der Waals surface area contributed by atoms with Crippen molar-refractivity contribution in [2.45, 2.75) is 13.0 Å². The zero-order valence-electron chi connectivity index (χ0n) is 19.2. The minimum Gasteiger partial charge on any atom is -0.507 e. The Labute approximate surface area is 220 Å². The molecular weight excluding hydrogens is 554 g/mol. The van der Waals surface area contributed by atoms with E-state index in [1.54, 1.807) is 25.1 Å². The number of methoxy groups -OCH3 is 1. The first-order chi connectivity index (χ1) is 17.2. The van der Waals surface area contributed by atoms with Crippen molar-refractivity contribution in [3.63, 3.8) is 0 Å². The van der Waals surface area contributed by atoms with Gasteiger partial charge in [0, 0.05) is 10.6 Å². The Morgan fingerprint density at radius 1 is 1.03 bits per heavy atom. The fourth-order valence-electron chi connectivity index (χ4n) is 4.03. The van der Waals surface area contributed by atoms with Crippen molar-refractivity contribution >= 4 is 50.7 Å². The third-order valence-electron chi connectivity index (χ3n) is 5.67. The predicted molar refractivity (Wildman–Crippen MR) is 138 cm³/mol. The third-order valence-corrected chi connectivity index (χ3v) is 6.52. The Morgan fingerprint density at radius 2 is 1.75 bits per heavy atom. The maximum absolute atomic E-state index is 13.3. The number of carbonyl (C=O) groups excluding carboxylic acids is 2. The molecule has 0 aliphatic carbocycles. The summed E-state index contributed by atoms with van der Waals surface area (Å²) in [6, 6.07) is 12.0. The number of aliphatic hydroxyl groups excluding tert-OH is 1.